The van der Waals surface area contributed by atoms with Crippen molar-refractivity contribution < 1.29 is 13.2 Å². The summed E-state index contributed by atoms with van der Waals surface area (Å²) >= 11 is 0. The first kappa shape index (κ1) is 17.6. The van der Waals surface area contributed by atoms with Crippen molar-refractivity contribution in [1.29, 1.82) is 0 Å². The molecule has 21 heavy (non-hydrogen) atoms. The molecule has 1 amide bonds. The number of nitrogens with two attached hydrogens (primary N) is 1. The van der Waals surface area contributed by atoms with Gasteiger partial charge in [-0.05, 0) is 38.0 Å². The second-order valence-electron chi connectivity index (χ2n) is 5.00. The molecule has 0 aliphatic carbocycles. The van der Waals surface area contributed by atoms with E-state index in [1.807, 2.05) is 6.92 Å². The Balaban J connectivity index is 2.99. The molecule has 0 aromatic heterocycles. The fraction of sp³-hybridized carbons (Fsp3) is 0.500. The van der Waals surface area contributed by atoms with Gasteiger partial charge in [0, 0.05) is 20.1 Å². The summed E-state index contributed by atoms with van der Waals surface area (Å²) in [5.74, 6) is -0.266. The Hall–Kier alpha value is -1.44. The molecule has 118 valence electrons. The minimum Gasteiger partial charge on any atom is -0.345 e. The largest absolute Gasteiger partial charge is 0.345 e. The van der Waals surface area contributed by atoms with Crippen LogP contribution >= 0.6 is 0 Å². The third-order valence-electron chi connectivity index (χ3n) is 3.32. The summed E-state index contributed by atoms with van der Waals surface area (Å²) in [7, 11) is -2.11. The predicted molar refractivity (Wildman–Crippen MR) is 82.2 cm³/mol. The van der Waals surface area contributed by atoms with Crippen molar-refractivity contribution in [2.75, 3.05) is 13.6 Å². The van der Waals surface area contributed by atoms with Crippen LogP contribution in [0.3, 0.4) is 0 Å². The van der Waals surface area contributed by atoms with Gasteiger partial charge in [-0.1, -0.05) is 12.1 Å². The number of carbonyl (C=O) groups excluding carboxylic acids is 1. The summed E-state index contributed by atoms with van der Waals surface area (Å²) in [4.78, 5) is 13.6. The zero-order valence-corrected chi connectivity index (χ0v) is 13.7. The number of nitrogens with zero attached hydrogens (tertiary/aromatic N) is 1. The highest BCUT2D eigenvalue weighted by molar-refractivity contribution is 7.89. The van der Waals surface area contributed by atoms with Crippen LogP contribution in [0.25, 0.3) is 0 Å². The van der Waals surface area contributed by atoms with E-state index < -0.39 is 16.1 Å². The Morgan fingerprint density at radius 1 is 1.43 bits per heavy atom. The number of hydrogen-bond acceptors (Lipinski definition) is 4. The van der Waals surface area contributed by atoms with E-state index in [1.165, 1.54) is 17.9 Å². The van der Waals surface area contributed by atoms with E-state index in [2.05, 4.69) is 4.72 Å². The molecular formula is C14H23N3O3S. The number of sulfonamides is 1. The van der Waals surface area contributed by atoms with Crippen molar-refractivity contribution in [1.82, 2.24) is 9.62 Å². The van der Waals surface area contributed by atoms with Gasteiger partial charge in [-0.2, -0.15) is 4.72 Å². The first-order chi connectivity index (χ1) is 9.72. The van der Waals surface area contributed by atoms with Gasteiger partial charge in [0.15, 0.2) is 0 Å². The molecule has 0 radical (unpaired) electrons. The molecule has 1 aromatic rings. The van der Waals surface area contributed by atoms with E-state index in [1.54, 1.807) is 26.1 Å². The molecule has 0 aliphatic rings. The van der Waals surface area contributed by atoms with Gasteiger partial charge in [0.25, 0.3) is 0 Å². The van der Waals surface area contributed by atoms with Gasteiger partial charge < -0.3 is 10.6 Å². The van der Waals surface area contributed by atoms with E-state index in [-0.39, 0.29) is 10.8 Å². The van der Waals surface area contributed by atoms with Crippen molar-refractivity contribution in [2.24, 2.45) is 5.73 Å². The summed E-state index contributed by atoms with van der Waals surface area (Å²) < 4.78 is 27.1. The molecule has 7 heteroatoms. The lowest BCUT2D eigenvalue weighted by atomic mass is 10.1. The quantitative estimate of drug-likeness (QED) is 0.804. The van der Waals surface area contributed by atoms with Crippen LogP contribution in [-0.4, -0.2) is 38.9 Å². The van der Waals surface area contributed by atoms with Gasteiger partial charge in [0.05, 0.1) is 10.9 Å². The standard InChI is InChI=1S/C14H23N3O3S/c1-5-17(4)14(18)11(3)16-21(19,20)13-7-6-12(9-15)8-10(13)2/h6-8,11,16H,5,9,15H2,1-4H3. The Morgan fingerprint density at radius 3 is 2.52 bits per heavy atom. The minimum absolute atomic E-state index is 0.165. The van der Waals surface area contributed by atoms with Crippen LogP contribution in [0, 0.1) is 6.92 Å². The molecule has 0 bridgehead atoms. The van der Waals surface area contributed by atoms with Crippen LogP contribution in [0.5, 0.6) is 0 Å². The number of rotatable bonds is 6. The van der Waals surface area contributed by atoms with Crippen LogP contribution in [0.4, 0.5) is 0 Å². The molecule has 0 saturated carbocycles. The molecule has 6 nitrogen and oxygen atoms in total. The summed E-state index contributed by atoms with van der Waals surface area (Å²) in [5.41, 5.74) is 7.00. The lowest BCUT2D eigenvalue weighted by Crippen LogP contribution is -2.45. The SMILES string of the molecule is CCN(C)C(=O)C(C)NS(=O)(=O)c1ccc(CN)cc1C. The second kappa shape index (κ2) is 7.02. The molecule has 0 saturated heterocycles. The second-order valence-corrected chi connectivity index (χ2v) is 6.68. The third kappa shape index (κ3) is 4.26. The van der Waals surface area contributed by atoms with E-state index in [4.69, 9.17) is 5.73 Å². The van der Waals surface area contributed by atoms with Crippen LogP contribution in [0.15, 0.2) is 23.1 Å². The van der Waals surface area contributed by atoms with E-state index in [0.29, 0.717) is 18.7 Å². The third-order valence-corrected chi connectivity index (χ3v) is 5.02. The number of carbonyl (C=O) groups is 1. The number of nitrogens with one attached hydrogen (secondary N) is 1. The van der Waals surface area contributed by atoms with Crippen molar-refractivity contribution in [3.05, 3.63) is 29.3 Å². The number of benzene rings is 1. The van der Waals surface area contributed by atoms with Crippen LogP contribution in [0.1, 0.15) is 25.0 Å². The highest BCUT2D eigenvalue weighted by atomic mass is 32.2. The van der Waals surface area contributed by atoms with Crippen LogP contribution in [0.2, 0.25) is 0 Å². The lowest BCUT2D eigenvalue weighted by molar-refractivity contribution is -0.131. The van der Waals surface area contributed by atoms with Crippen LogP contribution in [-0.2, 0) is 21.4 Å². The van der Waals surface area contributed by atoms with Crippen molar-refractivity contribution in [2.45, 2.75) is 38.3 Å². The van der Waals surface area contributed by atoms with Gasteiger partial charge in [0.2, 0.25) is 15.9 Å². The molecule has 1 atom stereocenters. The van der Waals surface area contributed by atoms with E-state index in [0.717, 1.165) is 5.56 Å². The summed E-state index contributed by atoms with van der Waals surface area (Å²) in [6, 6.07) is 4.11. The molecule has 0 spiro atoms. The molecule has 0 aliphatic heterocycles. The minimum atomic E-state index is -3.74. The number of likely N-dealkylation sites (N-methyl/N-ethyl adjacent to an activating group) is 1. The van der Waals surface area contributed by atoms with Gasteiger partial charge in [-0.3, -0.25) is 4.79 Å². The normalized spacial score (nSPS) is 13.0. The van der Waals surface area contributed by atoms with Crippen molar-refractivity contribution >= 4 is 15.9 Å². The van der Waals surface area contributed by atoms with E-state index in [9.17, 15) is 13.2 Å². The fourth-order valence-electron chi connectivity index (χ4n) is 1.97. The van der Waals surface area contributed by atoms with Gasteiger partial charge in [0.1, 0.15) is 0 Å². The summed E-state index contributed by atoms with van der Waals surface area (Å²) in [6.45, 7) is 5.95. The smallest absolute Gasteiger partial charge is 0.241 e. The Kier molecular flexibility index (Phi) is 5.88. The van der Waals surface area contributed by atoms with Crippen LogP contribution < -0.4 is 10.5 Å². The highest BCUT2D eigenvalue weighted by Crippen LogP contribution is 2.17. The first-order valence-corrected chi connectivity index (χ1v) is 8.28. The summed E-state index contributed by atoms with van der Waals surface area (Å²) in [5, 5.41) is 0. The average Bonchev–Trinajstić information content (AvgIpc) is 2.44. The van der Waals surface area contributed by atoms with Crippen molar-refractivity contribution in [3.63, 3.8) is 0 Å². The Bertz CT molecular complexity index is 614. The average molecular weight is 313 g/mol. The zero-order chi connectivity index (χ0) is 16.2. The zero-order valence-electron chi connectivity index (χ0n) is 12.9. The molecular weight excluding hydrogens is 290 g/mol. The Morgan fingerprint density at radius 2 is 2.05 bits per heavy atom. The molecule has 1 rings (SSSR count). The number of hydrogen-bond donors (Lipinski definition) is 2. The van der Waals surface area contributed by atoms with Gasteiger partial charge >= 0.3 is 0 Å². The molecule has 3 N–H and O–H groups in total. The van der Waals surface area contributed by atoms with Gasteiger partial charge in [-0.15, -0.1) is 0 Å². The van der Waals surface area contributed by atoms with Crippen molar-refractivity contribution in [3.8, 4) is 0 Å². The maximum absolute atomic E-state index is 12.4. The molecule has 1 unspecified atom stereocenters. The monoisotopic (exact) mass is 313 g/mol. The lowest BCUT2D eigenvalue weighted by Gasteiger charge is -2.21. The maximum atomic E-state index is 12.4. The van der Waals surface area contributed by atoms with E-state index >= 15 is 0 Å². The molecule has 0 fully saturated rings. The number of amides is 1. The topological polar surface area (TPSA) is 92.5 Å². The molecule has 0 heterocycles. The maximum Gasteiger partial charge on any atom is 0.241 e. The fourth-order valence-corrected chi connectivity index (χ4v) is 3.40. The first-order valence-electron chi connectivity index (χ1n) is 6.79. The summed E-state index contributed by atoms with van der Waals surface area (Å²) in [6.07, 6.45) is 0. The predicted octanol–water partition coefficient (Wildman–Crippen LogP) is 0.599. The Labute approximate surface area is 126 Å². The van der Waals surface area contributed by atoms with Gasteiger partial charge in [-0.25, -0.2) is 8.42 Å². The highest BCUT2D eigenvalue weighted by Gasteiger charge is 2.24. The molecule has 1 aromatic carbocycles. The number of aryl methyl sites for hydroxylation is 1.